The number of nitrogens with one attached hydrogen (secondary N) is 1. The Hall–Kier alpha value is -0.960. The lowest BCUT2D eigenvalue weighted by atomic mass is 9.65. The van der Waals surface area contributed by atoms with Crippen LogP contribution < -0.4 is 5.32 Å². The Bertz CT molecular complexity index is 399. The normalized spacial score (nSPS) is 17.5. The molecule has 0 heterocycles. The van der Waals surface area contributed by atoms with Crippen LogP contribution in [0.1, 0.15) is 38.2 Å². The molecule has 0 saturated heterocycles. The molecular formula is C15H21F2N. The number of halogens is 2. The summed E-state index contributed by atoms with van der Waals surface area (Å²) in [5.74, 6) is -0.624. The SMILES string of the molecule is CCCNCC1(Cc2cc(F)ccc2F)CCC1. The average Bonchev–Trinajstić information content (AvgIpc) is 2.30. The van der Waals surface area contributed by atoms with E-state index in [9.17, 15) is 8.78 Å². The maximum Gasteiger partial charge on any atom is 0.126 e. The second-order valence-corrected chi connectivity index (χ2v) is 5.44. The van der Waals surface area contributed by atoms with Crippen LogP contribution in [0.15, 0.2) is 18.2 Å². The molecule has 1 aliphatic rings. The van der Waals surface area contributed by atoms with E-state index in [-0.39, 0.29) is 17.0 Å². The van der Waals surface area contributed by atoms with Crippen LogP contribution in [0.3, 0.4) is 0 Å². The lowest BCUT2D eigenvalue weighted by Crippen LogP contribution is -2.42. The molecule has 1 nitrogen and oxygen atoms in total. The largest absolute Gasteiger partial charge is 0.316 e. The average molecular weight is 253 g/mol. The zero-order valence-electron chi connectivity index (χ0n) is 10.9. The molecular weight excluding hydrogens is 232 g/mol. The van der Waals surface area contributed by atoms with Crippen molar-refractivity contribution in [3.63, 3.8) is 0 Å². The van der Waals surface area contributed by atoms with Crippen LogP contribution in [-0.2, 0) is 6.42 Å². The van der Waals surface area contributed by atoms with Crippen molar-refractivity contribution in [3.05, 3.63) is 35.4 Å². The maximum atomic E-state index is 13.7. The molecule has 1 saturated carbocycles. The van der Waals surface area contributed by atoms with Crippen LogP contribution in [-0.4, -0.2) is 13.1 Å². The Balaban J connectivity index is 2.03. The van der Waals surface area contributed by atoms with E-state index in [1.54, 1.807) is 0 Å². The van der Waals surface area contributed by atoms with E-state index in [2.05, 4.69) is 12.2 Å². The molecule has 0 atom stereocenters. The van der Waals surface area contributed by atoms with Gasteiger partial charge in [0.1, 0.15) is 11.6 Å². The summed E-state index contributed by atoms with van der Waals surface area (Å²) < 4.78 is 26.8. The first-order chi connectivity index (χ1) is 8.65. The smallest absolute Gasteiger partial charge is 0.126 e. The van der Waals surface area contributed by atoms with Crippen LogP contribution in [0, 0.1) is 17.0 Å². The molecule has 0 amide bonds. The summed E-state index contributed by atoms with van der Waals surface area (Å²) in [6, 6.07) is 3.76. The standard InChI is InChI=1S/C15H21F2N/c1-2-8-18-11-15(6-3-7-15)10-12-9-13(16)4-5-14(12)17/h4-5,9,18H,2-3,6-8,10-11H2,1H3. The summed E-state index contributed by atoms with van der Waals surface area (Å²) in [5.41, 5.74) is 0.664. The number of hydrogen-bond donors (Lipinski definition) is 1. The van der Waals surface area contributed by atoms with Crippen LogP contribution in [0.4, 0.5) is 8.78 Å². The number of rotatable bonds is 6. The van der Waals surface area contributed by atoms with Gasteiger partial charge in [-0.1, -0.05) is 13.3 Å². The molecule has 1 fully saturated rings. The highest BCUT2D eigenvalue weighted by Crippen LogP contribution is 2.43. The van der Waals surface area contributed by atoms with Crippen molar-refractivity contribution in [2.45, 2.75) is 39.0 Å². The van der Waals surface area contributed by atoms with Gasteiger partial charge in [-0.3, -0.25) is 0 Å². The maximum absolute atomic E-state index is 13.7. The van der Waals surface area contributed by atoms with Crippen LogP contribution in [0.2, 0.25) is 0 Å². The molecule has 0 unspecified atom stereocenters. The first kappa shape index (κ1) is 13.5. The van der Waals surface area contributed by atoms with Gasteiger partial charge in [0, 0.05) is 6.54 Å². The molecule has 1 aromatic carbocycles. The topological polar surface area (TPSA) is 12.0 Å². The Labute approximate surface area is 108 Å². The van der Waals surface area contributed by atoms with E-state index in [0.29, 0.717) is 12.0 Å². The first-order valence-electron chi connectivity index (χ1n) is 6.80. The van der Waals surface area contributed by atoms with E-state index < -0.39 is 0 Å². The molecule has 0 aromatic heterocycles. The van der Waals surface area contributed by atoms with Gasteiger partial charge in [-0.2, -0.15) is 0 Å². The Morgan fingerprint density at radius 3 is 2.67 bits per heavy atom. The van der Waals surface area contributed by atoms with Gasteiger partial charge in [-0.25, -0.2) is 8.78 Å². The lowest BCUT2D eigenvalue weighted by molar-refractivity contribution is 0.129. The van der Waals surface area contributed by atoms with Gasteiger partial charge in [0.25, 0.3) is 0 Å². The number of benzene rings is 1. The molecule has 1 aromatic rings. The van der Waals surface area contributed by atoms with Crippen LogP contribution in [0.5, 0.6) is 0 Å². The van der Waals surface area contributed by atoms with E-state index in [0.717, 1.165) is 32.4 Å². The van der Waals surface area contributed by atoms with Gasteiger partial charge in [-0.15, -0.1) is 0 Å². The monoisotopic (exact) mass is 253 g/mol. The summed E-state index contributed by atoms with van der Waals surface area (Å²) in [6.45, 7) is 4.04. The molecule has 1 aliphatic carbocycles. The molecule has 1 N–H and O–H groups in total. The van der Waals surface area contributed by atoms with Gasteiger partial charge in [0.2, 0.25) is 0 Å². The van der Waals surface area contributed by atoms with E-state index in [1.165, 1.54) is 24.6 Å². The fraction of sp³-hybridized carbons (Fsp3) is 0.600. The minimum absolute atomic E-state index is 0.143. The van der Waals surface area contributed by atoms with Crippen molar-refractivity contribution in [1.29, 1.82) is 0 Å². The van der Waals surface area contributed by atoms with Crippen molar-refractivity contribution < 1.29 is 8.78 Å². The summed E-state index contributed by atoms with van der Waals surface area (Å²) >= 11 is 0. The van der Waals surface area contributed by atoms with Crippen molar-refractivity contribution >= 4 is 0 Å². The molecule has 0 aliphatic heterocycles. The predicted molar refractivity (Wildman–Crippen MR) is 69.5 cm³/mol. The van der Waals surface area contributed by atoms with E-state index >= 15 is 0 Å². The lowest BCUT2D eigenvalue weighted by Gasteiger charge is -2.42. The van der Waals surface area contributed by atoms with Gasteiger partial charge >= 0.3 is 0 Å². The summed E-state index contributed by atoms with van der Waals surface area (Å²) in [4.78, 5) is 0. The second kappa shape index (κ2) is 5.79. The fourth-order valence-electron chi connectivity index (χ4n) is 2.71. The summed E-state index contributed by atoms with van der Waals surface area (Å²) in [6.07, 6.45) is 5.17. The zero-order valence-corrected chi connectivity index (χ0v) is 10.9. The molecule has 0 bridgehead atoms. The molecule has 18 heavy (non-hydrogen) atoms. The quantitative estimate of drug-likeness (QED) is 0.763. The third-order valence-corrected chi connectivity index (χ3v) is 3.91. The van der Waals surface area contributed by atoms with Gasteiger partial charge in [-0.05, 0) is 61.4 Å². The third kappa shape index (κ3) is 3.08. The number of hydrogen-bond acceptors (Lipinski definition) is 1. The Morgan fingerprint density at radius 2 is 2.06 bits per heavy atom. The highest BCUT2D eigenvalue weighted by atomic mass is 19.1. The Morgan fingerprint density at radius 1 is 1.28 bits per heavy atom. The second-order valence-electron chi connectivity index (χ2n) is 5.44. The molecule has 3 heteroatoms. The van der Waals surface area contributed by atoms with E-state index in [4.69, 9.17) is 0 Å². The predicted octanol–water partition coefficient (Wildman–Crippen LogP) is 3.68. The Kier molecular flexibility index (Phi) is 4.33. The van der Waals surface area contributed by atoms with Crippen LogP contribution >= 0.6 is 0 Å². The van der Waals surface area contributed by atoms with Gasteiger partial charge in [0.05, 0.1) is 0 Å². The summed E-state index contributed by atoms with van der Waals surface area (Å²) in [5, 5.41) is 3.42. The fourth-order valence-corrected chi connectivity index (χ4v) is 2.71. The molecule has 2 rings (SSSR count). The summed E-state index contributed by atoms with van der Waals surface area (Å²) in [7, 11) is 0. The zero-order chi connectivity index (χ0) is 13.0. The first-order valence-corrected chi connectivity index (χ1v) is 6.80. The molecule has 0 spiro atoms. The molecule has 0 radical (unpaired) electrons. The van der Waals surface area contributed by atoms with Gasteiger partial charge < -0.3 is 5.32 Å². The van der Waals surface area contributed by atoms with Crippen molar-refractivity contribution in [2.24, 2.45) is 5.41 Å². The van der Waals surface area contributed by atoms with Gasteiger partial charge in [0.15, 0.2) is 0 Å². The van der Waals surface area contributed by atoms with Crippen molar-refractivity contribution in [2.75, 3.05) is 13.1 Å². The minimum Gasteiger partial charge on any atom is -0.316 e. The van der Waals surface area contributed by atoms with Crippen LogP contribution in [0.25, 0.3) is 0 Å². The van der Waals surface area contributed by atoms with Crippen molar-refractivity contribution in [1.82, 2.24) is 5.32 Å². The van der Waals surface area contributed by atoms with E-state index in [1.807, 2.05) is 0 Å². The minimum atomic E-state index is -0.345. The van der Waals surface area contributed by atoms with Crippen molar-refractivity contribution in [3.8, 4) is 0 Å². The highest BCUT2D eigenvalue weighted by Gasteiger charge is 2.37. The molecule has 100 valence electrons. The third-order valence-electron chi connectivity index (χ3n) is 3.91. The highest BCUT2D eigenvalue weighted by molar-refractivity contribution is 5.21.